The second-order valence-electron chi connectivity index (χ2n) is 2.13. The third-order valence-electron chi connectivity index (χ3n) is 1.34. The van der Waals surface area contributed by atoms with Crippen LogP contribution in [0.2, 0.25) is 0 Å². The van der Waals surface area contributed by atoms with Crippen LogP contribution in [0, 0.1) is 10.1 Å². The molecule has 1 rings (SSSR count). The molecule has 0 aromatic carbocycles. The van der Waals surface area contributed by atoms with Gasteiger partial charge in [0, 0.05) is 11.0 Å². The van der Waals surface area contributed by atoms with Crippen LogP contribution in [0.3, 0.4) is 0 Å². The average Bonchev–Trinajstić information content (AvgIpc) is 1.89. The molecule has 1 atom stereocenters. The van der Waals surface area contributed by atoms with Crippen molar-refractivity contribution in [1.29, 1.82) is 0 Å². The number of nitrogens with zero attached hydrogens (tertiary/aromatic N) is 1. The summed E-state index contributed by atoms with van der Waals surface area (Å²) in [6.45, 7) is 0. The van der Waals surface area contributed by atoms with Crippen molar-refractivity contribution >= 4 is 12.6 Å². The monoisotopic (exact) mass is 157 g/mol. The Bertz CT molecular complexity index is 212. The summed E-state index contributed by atoms with van der Waals surface area (Å²) in [6, 6.07) is 0. The maximum absolute atomic E-state index is 10.3. The Hall–Kier alpha value is -0.770. The molecule has 0 spiro atoms. The van der Waals surface area contributed by atoms with E-state index in [2.05, 4.69) is 12.6 Å². The number of nitro groups is 1. The van der Waals surface area contributed by atoms with Crippen LogP contribution >= 0.6 is 12.6 Å². The normalized spacial score (nSPS) is 30.5. The second-order valence-corrected chi connectivity index (χ2v) is 2.90. The Balaban J connectivity index is 2.80. The molecule has 0 aliphatic heterocycles. The van der Waals surface area contributed by atoms with Gasteiger partial charge in [0.15, 0.2) is 0 Å². The van der Waals surface area contributed by atoms with E-state index in [4.69, 9.17) is 0 Å². The molecule has 3 nitrogen and oxygen atoms in total. The summed E-state index contributed by atoms with van der Waals surface area (Å²) in [5, 5.41) is 10.3. The Kier molecular flexibility index (Phi) is 1.80. The van der Waals surface area contributed by atoms with Crippen molar-refractivity contribution < 1.29 is 4.92 Å². The van der Waals surface area contributed by atoms with Crippen molar-refractivity contribution in [3.05, 3.63) is 34.4 Å². The fourth-order valence-electron chi connectivity index (χ4n) is 0.733. The van der Waals surface area contributed by atoms with Gasteiger partial charge >= 0.3 is 0 Å². The van der Waals surface area contributed by atoms with Crippen LogP contribution in [-0.4, -0.2) is 9.79 Å². The van der Waals surface area contributed by atoms with Gasteiger partial charge in [-0.2, -0.15) is 0 Å². The molecule has 1 aliphatic rings. The maximum Gasteiger partial charge on any atom is 0.286 e. The van der Waals surface area contributed by atoms with Crippen molar-refractivity contribution in [2.75, 3.05) is 0 Å². The van der Waals surface area contributed by atoms with Crippen LogP contribution in [0.5, 0.6) is 0 Å². The lowest BCUT2D eigenvalue weighted by Gasteiger charge is -2.14. The molecule has 10 heavy (non-hydrogen) atoms. The highest BCUT2D eigenvalue weighted by atomic mass is 32.1. The first kappa shape index (κ1) is 7.34. The molecule has 0 N–H and O–H groups in total. The highest BCUT2D eigenvalue weighted by Crippen LogP contribution is 2.24. The highest BCUT2D eigenvalue weighted by molar-refractivity contribution is 7.81. The summed E-state index contributed by atoms with van der Waals surface area (Å²) < 4.78 is 0. The van der Waals surface area contributed by atoms with Crippen molar-refractivity contribution in [2.24, 2.45) is 0 Å². The predicted molar refractivity (Wildman–Crippen MR) is 41.6 cm³/mol. The van der Waals surface area contributed by atoms with Gasteiger partial charge in [0.2, 0.25) is 0 Å². The minimum atomic E-state index is -1.17. The predicted octanol–water partition coefficient (Wildman–Crippen LogP) is 1.41. The summed E-state index contributed by atoms with van der Waals surface area (Å²) in [5.41, 5.74) is 0. The van der Waals surface area contributed by atoms with E-state index in [1.54, 1.807) is 18.2 Å². The lowest BCUT2D eigenvalue weighted by Crippen LogP contribution is -2.29. The van der Waals surface area contributed by atoms with Crippen LogP contribution < -0.4 is 0 Å². The molecule has 1 unspecified atom stereocenters. The fraction of sp³-hybridized carbons (Fsp3) is 0.333. The summed E-state index contributed by atoms with van der Waals surface area (Å²) in [6.07, 6.45) is 6.99. The first-order valence-corrected chi connectivity index (χ1v) is 3.31. The highest BCUT2D eigenvalue weighted by Gasteiger charge is 2.34. The molecule has 4 heteroatoms. The first-order chi connectivity index (χ1) is 4.65. The van der Waals surface area contributed by atoms with Crippen LogP contribution in [0.4, 0.5) is 0 Å². The summed E-state index contributed by atoms with van der Waals surface area (Å²) in [5.74, 6) is 0. The number of hydrogen-bond acceptors (Lipinski definition) is 3. The van der Waals surface area contributed by atoms with Gasteiger partial charge in [0.25, 0.3) is 4.87 Å². The molecular weight excluding hydrogens is 150 g/mol. The lowest BCUT2D eigenvalue weighted by molar-refractivity contribution is -0.523. The molecule has 0 aromatic heterocycles. The van der Waals surface area contributed by atoms with E-state index in [1.165, 1.54) is 6.08 Å². The summed E-state index contributed by atoms with van der Waals surface area (Å²) >= 11 is 3.91. The van der Waals surface area contributed by atoms with Gasteiger partial charge in [-0.25, -0.2) is 0 Å². The van der Waals surface area contributed by atoms with Crippen molar-refractivity contribution in [1.82, 2.24) is 0 Å². The van der Waals surface area contributed by atoms with Crippen molar-refractivity contribution in [3.8, 4) is 0 Å². The van der Waals surface area contributed by atoms with Gasteiger partial charge in [-0.15, -0.1) is 0 Å². The number of hydrogen-bond donors (Lipinski definition) is 1. The minimum Gasteiger partial charge on any atom is -0.263 e. The first-order valence-electron chi connectivity index (χ1n) is 2.86. The number of allylic oxidation sites excluding steroid dienone is 2. The largest absolute Gasteiger partial charge is 0.286 e. The third kappa shape index (κ3) is 1.21. The van der Waals surface area contributed by atoms with Gasteiger partial charge in [-0.1, -0.05) is 30.9 Å². The number of rotatable bonds is 1. The minimum absolute atomic E-state index is 0.361. The number of thiol groups is 1. The van der Waals surface area contributed by atoms with E-state index in [1.807, 2.05) is 0 Å². The molecule has 0 fully saturated rings. The quantitative estimate of drug-likeness (QED) is 0.270. The van der Waals surface area contributed by atoms with E-state index in [9.17, 15) is 10.1 Å². The lowest BCUT2D eigenvalue weighted by atomic mass is 10.1. The third-order valence-corrected chi connectivity index (χ3v) is 1.84. The Labute approximate surface area is 64.0 Å². The van der Waals surface area contributed by atoms with Crippen LogP contribution in [-0.2, 0) is 0 Å². The van der Waals surface area contributed by atoms with Crippen LogP contribution in [0.25, 0.3) is 0 Å². The Morgan fingerprint density at radius 1 is 1.60 bits per heavy atom. The Morgan fingerprint density at radius 3 is 2.60 bits per heavy atom. The molecule has 0 aromatic rings. The van der Waals surface area contributed by atoms with Crippen LogP contribution in [0.1, 0.15) is 6.42 Å². The summed E-state index contributed by atoms with van der Waals surface area (Å²) in [4.78, 5) is 8.76. The molecular formula is C6H7NO2S. The van der Waals surface area contributed by atoms with E-state index in [-0.39, 0.29) is 0 Å². The van der Waals surface area contributed by atoms with E-state index in [0.717, 1.165) is 0 Å². The van der Waals surface area contributed by atoms with E-state index < -0.39 is 9.79 Å². The molecule has 0 saturated carbocycles. The Morgan fingerprint density at radius 2 is 2.30 bits per heavy atom. The van der Waals surface area contributed by atoms with Crippen molar-refractivity contribution in [3.63, 3.8) is 0 Å². The molecule has 0 saturated heterocycles. The maximum atomic E-state index is 10.3. The second kappa shape index (κ2) is 2.46. The zero-order chi connectivity index (χ0) is 7.61. The molecule has 0 heterocycles. The molecule has 0 amide bonds. The van der Waals surface area contributed by atoms with Gasteiger partial charge in [-0.05, 0) is 0 Å². The standard InChI is InChI=1S/C6H7NO2S/c8-7(9)6(10)4-2-1-3-5-6/h1-4,10H,5H2. The smallest absolute Gasteiger partial charge is 0.263 e. The average molecular weight is 157 g/mol. The van der Waals surface area contributed by atoms with Gasteiger partial charge in [-0.3, -0.25) is 10.1 Å². The zero-order valence-electron chi connectivity index (χ0n) is 5.23. The summed E-state index contributed by atoms with van der Waals surface area (Å²) in [7, 11) is 0. The topological polar surface area (TPSA) is 43.1 Å². The van der Waals surface area contributed by atoms with Gasteiger partial charge in [0.1, 0.15) is 0 Å². The fourth-order valence-corrected chi connectivity index (χ4v) is 0.925. The van der Waals surface area contributed by atoms with Gasteiger partial charge in [0.05, 0.1) is 6.42 Å². The van der Waals surface area contributed by atoms with Crippen LogP contribution in [0.15, 0.2) is 24.3 Å². The molecule has 54 valence electrons. The molecule has 0 bridgehead atoms. The SMILES string of the molecule is O=[N+]([O-])C1(S)C=CC=CC1. The molecule has 1 aliphatic carbocycles. The van der Waals surface area contributed by atoms with E-state index in [0.29, 0.717) is 6.42 Å². The van der Waals surface area contributed by atoms with Gasteiger partial charge < -0.3 is 0 Å². The van der Waals surface area contributed by atoms with Crippen molar-refractivity contribution in [2.45, 2.75) is 11.3 Å². The zero-order valence-corrected chi connectivity index (χ0v) is 6.12. The van der Waals surface area contributed by atoms with E-state index >= 15 is 0 Å². The molecule has 0 radical (unpaired) electrons.